The number of fused-ring (bicyclic) bond motifs is 1. The molecule has 0 fully saturated rings. The third-order valence-electron chi connectivity index (χ3n) is 5.19. The molecule has 0 radical (unpaired) electrons. The number of benzene rings is 1. The summed E-state index contributed by atoms with van der Waals surface area (Å²) >= 11 is 7.74. The number of nitrogens with zero attached hydrogens (tertiary/aromatic N) is 4. The maximum atomic E-state index is 12.6. The lowest BCUT2D eigenvalue weighted by Crippen LogP contribution is -2.33. The lowest BCUT2D eigenvalue weighted by atomic mass is 10.1. The highest BCUT2D eigenvalue weighted by Crippen LogP contribution is 2.35. The Bertz CT molecular complexity index is 1290. The number of methoxy groups -OCH3 is 1. The molecule has 1 aromatic carbocycles. The Kier molecular flexibility index (Phi) is 7.78. The summed E-state index contributed by atoms with van der Waals surface area (Å²) in [5, 5.41) is 15.5. The van der Waals surface area contributed by atoms with E-state index in [-0.39, 0.29) is 24.8 Å². The number of hydrogen-bond acceptors (Lipinski definition) is 6. The number of carbonyl (C=O) groups is 2. The van der Waals surface area contributed by atoms with E-state index in [2.05, 4.69) is 20.4 Å². The molecular formula is C24H27ClN4O4S. The molecule has 1 N–H and O–H groups in total. The van der Waals surface area contributed by atoms with Gasteiger partial charge >= 0.3 is 5.97 Å². The van der Waals surface area contributed by atoms with E-state index in [0.717, 1.165) is 32.3 Å². The fraction of sp³-hybridized carbons (Fsp3) is 0.333. The molecule has 180 valence electrons. The summed E-state index contributed by atoms with van der Waals surface area (Å²) in [6.45, 7) is 9.81. The molecule has 0 bridgehead atoms. The second-order valence-electron chi connectivity index (χ2n) is 8.19. The number of halogens is 1. The zero-order valence-corrected chi connectivity index (χ0v) is 21.3. The predicted octanol–water partition coefficient (Wildman–Crippen LogP) is 4.91. The summed E-state index contributed by atoms with van der Waals surface area (Å²) in [7, 11) is 3.05. The molecule has 2 heterocycles. The van der Waals surface area contributed by atoms with Crippen LogP contribution in [-0.4, -0.2) is 57.3 Å². The van der Waals surface area contributed by atoms with Crippen molar-refractivity contribution in [1.29, 1.82) is 0 Å². The molecular weight excluding hydrogens is 476 g/mol. The molecule has 3 rings (SSSR count). The third kappa shape index (κ3) is 5.48. The normalized spacial score (nSPS) is 11.8. The van der Waals surface area contributed by atoms with Crippen LogP contribution in [0.2, 0.25) is 5.02 Å². The van der Waals surface area contributed by atoms with Gasteiger partial charge in [0.15, 0.2) is 0 Å². The van der Waals surface area contributed by atoms with E-state index in [4.69, 9.17) is 31.5 Å². The van der Waals surface area contributed by atoms with E-state index < -0.39 is 5.97 Å². The van der Waals surface area contributed by atoms with Crippen LogP contribution in [0, 0.1) is 0 Å². The second-order valence-corrected chi connectivity index (χ2v) is 9.63. The average molecular weight is 503 g/mol. The van der Waals surface area contributed by atoms with Gasteiger partial charge in [-0.1, -0.05) is 43.4 Å². The van der Waals surface area contributed by atoms with E-state index in [0.29, 0.717) is 21.2 Å². The molecule has 10 heteroatoms. The predicted molar refractivity (Wildman–Crippen MR) is 135 cm³/mol. The average Bonchev–Trinajstić information content (AvgIpc) is 3.35. The van der Waals surface area contributed by atoms with Crippen molar-refractivity contribution in [1.82, 2.24) is 19.7 Å². The van der Waals surface area contributed by atoms with Crippen molar-refractivity contribution < 1.29 is 19.4 Å². The zero-order chi connectivity index (χ0) is 25.2. The lowest BCUT2D eigenvalue weighted by molar-refractivity contribution is -0.143. The van der Waals surface area contributed by atoms with Gasteiger partial charge in [-0.05, 0) is 42.7 Å². The first-order valence-electron chi connectivity index (χ1n) is 10.6. The molecule has 0 aliphatic carbocycles. The van der Waals surface area contributed by atoms with Gasteiger partial charge in [-0.2, -0.15) is 5.10 Å². The number of carboxylic acid groups (broad SMARTS) is 1. The molecule has 0 aliphatic heterocycles. The van der Waals surface area contributed by atoms with Gasteiger partial charge in [0.1, 0.15) is 6.54 Å². The number of aliphatic carboxylic acids is 1. The maximum Gasteiger partial charge on any atom is 0.323 e. The summed E-state index contributed by atoms with van der Waals surface area (Å²) < 4.78 is 6.96. The first-order chi connectivity index (χ1) is 16.0. The van der Waals surface area contributed by atoms with Gasteiger partial charge in [0.2, 0.25) is 11.0 Å². The van der Waals surface area contributed by atoms with Crippen LogP contribution in [0.15, 0.2) is 36.6 Å². The van der Waals surface area contributed by atoms with Gasteiger partial charge < -0.3 is 14.7 Å². The molecule has 0 aliphatic rings. The van der Waals surface area contributed by atoms with Crippen molar-refractivity contribution >= 4 is 51.3 Å². The van der Waals surface area contributed by atoms with Crippen molar-refractivity contribution in [3.8, 4) is 5.13 Å². The summed E-state index contributed by atoms with van der Waals surface area (Å²) in [6.07, 6.45) is 1.78. The molecule has 1 amide bonds. The number of aromatic nitrogens is 3. The zero-order valence-electron chi connectivity index (χ0n) is 19.8. The van der Waals surface area contributed by atoms with Gasteiger partial charge in [-0.25, -0.2) is 9.67 Å². The molecule has 0 spiro atoms. The van der Waals surface area contributed by atoms with Gasteiger partial charge in [0, 0.05) is 22.3 Å². The van der Waals surface area contributed by atoms with Gasteiger partial charge in [0.05, 0.1) is 36.2 Å². The first kappa shape index (κ1) is 25.5. The number of carboxylic acids is 1. The summed E-state index contributed by atoms with van der Waals surface area (Å²) in [6, 6.07) is 5.34. The Morgan fingerprint density at radius 3 is 2.71 bits per heavy atom. The van der Waals surface area contributed by atoms with Gasteiger partial charge in [0.25, 0.3) is 0 Å². The highest BCUT2D eigenvalue weighted by molar-refractivity contribution is 7.14. The Morgan fingerprint density at radius 2 is 2.09 bits per heavy atom. The van der Waals surface area contributed by atoms with Crippen molar-refractivity contribution in [3.05, 3.63) is 57.9 Å². The number of ether oxygens (including phenoxy) is 1. The van der Waals surface area contributed by atoms with Gasteiger partial charge in [-0.15, -0.1) is 0 Å². The molecule has 0 unspecified atom stereocenters. The van der Waals surface area contributed by atoms with E-state index in [1.165, 1.54) is 18.4 Å². The van der Waals surface area contributed by atoms with Crippen LogP contribution >= 0.6 is 22.9 Å². The van der Waals surface area contributed by atoms with Gasteiger partial charge in [-0.3, -0.25) is 9.59 Å². The van der Waals surface area contributed by atoms with Crippen molar-refractivity contribution in [2.24, 2.45) is 0 Å². The Labute approximate surface area is 207 Å². The topological polar surface area (TPSA) is 97.5 Å². The first-order valence-corrected chi connectivity index (χ1v) is 11.8. The van der Waals surface area contributed by atoms with Crippen molar-refractivity contribution in [2.45, 2.75) is 33.1 Å². The number of likely N-dealkylation sites (N-methyl/N-ethyl adjacent to an activating group) is 1. The SMILES string of the molecule is C=C(C=C(C)OC)c1nc(-n2nc(CC(=O)N(C)CC(=O)O)c3cc(Cl)ccc32)sc1C(C)C. The highest BCUT2D eigenvalue weighted by atomic mass is 35.5. The van der Waals surface area contributed by atoms with Crippen molar-refractivity contribution in [2.75, 3.05) is 20.7 Å². The van der Waals surface area contributed by atoms with Crippen LogP contribution in [0.4, 0.5) is 0 Å². The van der Waals surface area contributed by atoms with Crippen LogP contribution < -0.4 is 0 Å². The molecule has 0 saturated carbocycles. The monoisotopic (exact) mass is 502 g/mol. The molecule has 0 saturated heterocycles. The standard InChI is InChI=1S/C24H27ClN4O4S/c1-13(2)23-22(14(3)9-15(4)33-6)26-24(34-23)29-19-8-7-16(25)10-17(19)18(27-29)11-20(30)28(5)12-21(31)32/h7-10,13H,3,11-12H2,1-2,4-6H3,(H,31,32). The van der Waals surface area contributed by atoms with Crippen LogP contribution in [0.1, 0.15) is 43.0 Å². The fourth-order valence-corrected chi connectivity index (χ4v) is 4.64. The van der Waals surface area contributed by atoms with E-state index in [1.807, 2.05) is 19.1 Å². The van der Waals surface area contributed by atoms with Crippen molar-refractivity contribution in [3.63, 3.8) is 0 Å². The number of amides is 1. The summed E-state index contributed by atoms with van der Waals surface area (Å²) in [4.78, 5) is 30.7. The van der Waals surface area contributed by atoms with Crippen LogP contribution in [0.3, 0.4) is 0 Å². The minimum atomic E-state index is -1.08. The largest absolute Gasteiger partial charge is 0.501 e. The second kappa shape index (κ2) is 10.4. The molecule has 3 aromatic rings. The number of thiazole rings is 1. The maximum absolute atomic E-state index is 12.6. The van der Waals surface area contributed by atoms with E-state index in [9.17, 15) is 9.59 Å². The smallest absolute Gasteiger partial charge is 0.323 e. The minimum Gasteiger partial charge on any atom is -0.501 e. The van der Waals surface area contributed by atoms with Crippen LogP contribution in [0.25, 0.3) is 21.6 Å². The minimum absolute atomic E-state index is 0.0641. The van der Waals surface area contributed by atoms with E-state index >= 15 is 0 Å². The van der Waals surface area contributed by atoms with E-state index in [1.54, 1.807) is 23.9 Å². The lowest BCUT2D eigenvalue weighted by Gasteiger charge is -2.13. The summed E-state index contributed by atoms with van der Waals surface area (Å²) in [5.74, 6) is -0.509. The number of allylic oxidation sites excluding steroid dienone is 3. The Morgan fingerprint density at radius 1 is 1.38 bits per heavy atom. The number of carbonyl (C=O) groups excluding carboxylic acids is 1. The Hall–Kier alpha value is -3.17. The third-order valence-corrected chi connectivity index (χ3v) is 6.75. The molecule has 34 heavy (non-hydrogen) atoms. The van der Waals surface area contributed by atoms with Crippen LogP contribution in [0.5, 0.6) is 0 Å². The molecule has 0 atom stereocenters. The molecule has 8 nitrogen and oxygen atoms in total. The Balaban J connectivity index is 2.10. The molecule has 2 aromatic heterocycles. The van der Waals surface area contributed by atoms with Crippen LogP contribution in [-0.2, 0) is 20.7 Å². The fourth-order valence-electron chi connectivity index (χ4n) is 3.40. The quantitative estimate of drug-likeness (QED) is 0.330. The summed E-state index contributed by atoms with van der Waals surface area (Å²) in [5.41, 5.74) is 2.74. The number of hydrogen-bond donors (Lipinski definition) is 1. The highest BCUT2D eigenvalue weighted by Gasteiger charge is 2.22. The number of rotatable bonds is 9.